The molecule has 5 nitrogen and oxygen atoms in total. The molecule has 2 saturated carbocycles. The number of carboxylic acids is 1. The first kappa shape index (κ1) is 15.3. The summed E-state index contributed by atoms with van der Waals surface area (Å²) in [6.45, 7) is 0. The smallest absolute Gasteiger partial charge is 0.329 e. The minimum atomic E-state index is -1.01. The van der Waals surface area contributed by atoms with Gasteiger partial charge in [0.15, 0.2) is 0 Å². The largest absolute Gasteiger partial charge is 0.480 e. The molecule has 0 aromatic carbocycles. The van der Waals surface area contributed by atoms with E-state index in [4.69, 9.17) is 0 Å². The molecule has 114 valence electrons. The van der Waals surface area contributed by atoms with E-state index in [2.05, 4.69) is 10.6 Å². The molecule has 0 unspecified atom stereocenters. The van der Waals surface area contributed by atoms with Crippen LogP contribution < -0.4 is 10.6 Å². The van der Waals surface area contributed by atoms with Crippen LogP contribution in [0.3, 0.4) is 0 Å². The van der Waals surface area contributed by atoms with E-state index >= 15 is 0 Å². The zero-order valence-electron chi connectivity index (χ0n) is 12.3. The van der Waals surface area contributed by atoms with Gasteiger partial charge in [0.2, 0.25) is 5.91 Å². The summed E-state index contributed by atoms with van der Waals surface area (Å²) >= 11 is 0. The molecule has 2 aliphatic rings. The van der Waals surface area contributed by atoms with Crippen LogP contribution in [0.15, 0.2) is 0 Å². The molecule has 0 heterocycles. The van der Waals surface area contributed by atoms with E-state index in [9.17, 15) is 14.7 Å². The van der Waals surface area contributed by atoms with Gasteiger partial charge in [-0.2, -0.15) is 0 Å². The number of hydrogen-bond acceptors (Lipinski definition) is 3. The second kappa shape index (κ2) is 6.12. The van der Waals surface area contributed by atoms with Crippen LogP contribution in [0.5, 0.6) is 0 Å². The number of amides is 1. The van der Waals surface area contributed by atoms with Crippen LogP contribution in [0.4, 0.5) is 0 Å². The fraction of sp³-hybridized carbons (Fsp3) is 0.867. The van der Waals surface area contributed by atoms with Gasteiger partial charge in [-0.15, -0.1) is 0 Å². The maximum Gasteiger partial charge on any atom is 0.329 e. The summed E-state index contributed by atoms with van der Waals surface area (Å²) in [4.78, 5) is 23.8. The number of aliphatic carboxylic acids is 1. The Hall–Kier alpha value is -1.10. The number of hydrogen-bond donors (Lipinski definition) is 3. The van der Waals surface area contributed by atoms with Gasteiger partial charge in [-0.1, -0.05) is 32.1 Å². The van der Waals surface area contributed by atoms with E-state index in [1.807, 2.05) is 7.05 Å². The highest BCUT2D eigenvalue weighted by molar-refractivity contribution is 5.87. The van der Waals surface area contributed by atoms with Crippen molar-refractivity contribution < 1.29 is 14.7 Å². The van der Waals surface area contributed by atoms with Crippen molar-refractivity contribution in [3.05, 3.63) is 0 Å². The fourth-order valence-electron chi connectivity index (χ4n) is 3.73. The number of carboxylic acid groups (broad SMARTS) is 1. The number of rotatable bonds is 5. The molecule has 0 aromatic heterocycles. The molecule has 2 fully saturated rings. The Labute approximate surface area is 120 Å². The van der Waals surface area contributed by atoms with Gasteiger partial charge in [-0.3, -0.25) is 4.79 Å². The predicted molar refractivity (Wildman–Crippen MR) is 76.5 cm³/mol. The van der Waals surface area contributed by atoms with E-state index in [-0.39, 0.29) is 11.4 Å². The van der Waals surface area contributed by atoms with Gasteiger partial charge in [-0.25, -0.2) is 4.79 Å². The van der Waals surface area contributed by atoms with Crippen LogP contribution in [0.1, 0.15) is 64.2 Å². The quantitative estimate of drug-likeness (QED) is 0.718. The lowest BCUT2D eigenvalue weighted by Crippen LogP contribution is -2.56. The number of carbonyl (C=O) groups is 2. The van der Waals surface area contributed by atoms with Crippen LogP contribution in [0, 0.1) is 0 Å². The van der Waals surface area contributed by atoms with E-state index in [0.29, 0.717) is 19.3 Å². The Morgan fingerprint density at radius 3 is 2.05 bits per heavy atom. The Kier molecular flexibility index (Phi) is 4.68. The molecule has 20 heavy (non-hydrogen) atoms. The van der Waals surface area contributed by atoms with Gasteiger partial charge >= 0.3 is 5.97 Å². The maximum atomic E-state index is 12.3. The standard InChI is InChI=1S/C15H26N2O3/c1-16-14(7-3-2-4-8-14)11-12(18)17-15(13(19)20)9-5-6-10-15/h16H,2-11H2,1H3,(H,17,18)(H,19,20). The molecule has 0 atom stereocenters. The molecule has 1 amide bonds. The summed E-state index contributed by atoms with van der Waals surface area (Å²) in [7, 11) is 1.90. The van der Waals surface area contributed by atoms with Crippen LogP contribution >= 0.6 is 0 Å². The lowest BCUT2D eigenvalue weighted by Gasteiger charge is -2.37. The highest BCUT2D eigenvalue weighted by Crippen LogP contribution is 2.33. The van der Waals surface area contributed by atoms with Crippen LogP contribution in [0.2, 0.25) is 0 Å². The summed E-state index contributed by atoms with van der Waals surface area (Å²) in [5.41, 5.74) is -1.15. The molecule has 2 rings (SSSR count). The third kappa shape index (κ3) is 3.14. The second-order valence-corrected chi connectivity index (χ2v) is 6.41. The summed E-state index contributed by atoms with van der Waals surface area (Å²) in [6, 6.07) is 0. The molecule has 3 N–H and O–H groups in total. The molecule has 2 aliphatic carbocycles. The van der Waals surface area contributed by atoms with E-state index < -0.39 is 11.5 Å². The van der Waals surface area contributed by atoms with Crippen LogP contribution in [0.25, 0.3) is 0 Å². The molecular weight excluding hydrogens is 256 g/mol. The van der Waals surface area contributed by atoms with Gasteiger partial charge in [-0.05, 0) is 32.7 Å². The van der Waals surface area contributed by atoms with Crippen molar-refractivity contribution in [2.45, 2.75) is 75.3 Å². The third-order valence-electron chi connectivity index (χ3n) is 5.09. The SMILES string of the molecule is CNC1(CC(=O)NC2(C(=O)O)CCCC2)CCCCC1. The van der Waals surface area contributed by atoms with Crippen LogP contribution in [-0.2, 0) is 9.59 Å². The maximum absolute atomic E-state index is 12.3. The predicted octanol–water partition coefficient (Wildman–Crippen LogP) is 1.81. The summed E-state index contributed by atoms with van der Waals surface area (Å²) in [5, 5.41) is 15.5. The van der Waals surface area contributed by atoms with Crippen LogP contribution in [-0.4, -0.2) is 35.1 Å². The molecule has 0 spiro atoms. The third-order valence-corrected chi connectivity index (χ3v) is 5.09. The summed E-state index contributed by atoms with van der Waals surface area (Å²) in [6.07, 6.45) is 8.75. The van der Waals surface area contributed by atoms with Crippen molar-refractivity contribution in [1.82, 2.24) is 10.6 Å². The number of carbonyl (C=O) groups excluding carboxylic acids is 1. The molecular formula is C15H26N2O3. The Morgan fingerprint density at radius 2 is 1.55 bits per heavy atom. The lowest BCUT2D eigenvalue weighted by atomic mass is 9.79. The van der Waals surface area contributed by atoms with Gasteiger partial charge in [0.1, 0.15) is 5.54 Å². The average molecular weight is 282 g/mol. The molecule has 5 heteroatoms. The first-order chi connectivity index (χ1) is 9.52. The van der Waals surface area contributed by atoms with E-state index in [1.54, 1.807) is 0 Å². The van der Waals surface area contributed by atoms with Crippen molar-refractivity contribution in [2.24, 2.45) is 0 Å². The first-order valence-corrected chi connectivity index (χ1v) is 7.75. The van der Waals surface area contributed by atoms with Crippen molar-refractivity contribution in [3.8, 4) is 0 Å². The van der Waals surface area contributed by atoms with Gasteiger partial charge in [0, 0.05) is 12.0 Å². The number of nitrogens with one attached hydrogen (secondary N) is 2. The Morgan fingerprint density at radius 1 is 1.00 bits per heavy atom. The monoisotopic (exact) mass is 282 g/mol. The highest BCUT2D eigenvalue weighted by atomic mass is 16.4. The Bertz CT molecular complexity index is 369. The second-order valence-electron chi connectivity index (χ2n) is 6.41. The van der Waals surface area contributed by atoms with Crippen molar-refractivity contribution in [3.63, 3.8) is 0 Å². The molecule has 0 radical (unpaired) electrons. The van der Waals surface area contributed by atoms with Crippen molar-refractivity contribution >= 4 is 11.9 Å². The van der Waals surface area contributed by atoms with E-state index in [0.717, 1.165) is 38.5 Å². The minimum Gasteiger partial charge on any atom is -0.480 e. The normalized spacial score (nSPS) is 24.2. The Balaban J connectivity index is 1.98. The van der Waals surface area contributed by atoms with Gasteiger partial charge in [0.25, 0.3) is 0 Å². The topological polar surface area (TPSA) is 78.4 Å². The van der Waals surface area contributed by atoms with Gasteiger partial charge < -0.3 is 15.7 Å². The lowest BCUT2D eigenvalue weighted by molar-refractivity contribution is -0.147. The molecule has 0 aliphatic heterocycles. The molecule has 0 saturated heterocycles. The molecule has 0 bridgehead atoms. The first-order valence-electron chi connectivity index (χ1n) is 7.75. The fourth-order valence-corrected chi connectivity index (χ4v) is 3.73. The van der Waals surface area contributed by atoms with Crippen molar-refractivity contribution in [1.29, 1.82) is 0 Å². The average Bonchev–Trinajstić information content (AvgIpc) is 2.89. The molecule has 0 aromatic rings. The summed E-state index contributed by atoms with van der Waals surface area (Å²) in [5.74, 6) is -1.00. The van der Waals surface area contributed by atoms with Crippen molar-refractivity contribution in [2.75, 3.05) is 7.05 Å². The minimum absolute atomic E-state index is 0.120. The summed E-state index contributed by atoms with van der Waals surface area (Å²) < 4.78 is 0. The highest BCUT2D eigenvalue weighted by Gasteiger charge is 2.43. The van der Waals surface area contributed by atoms with Gasteiger partial charge in [0.05, 0.1) is 0 Å². The zero-order valence-corrected chi connectivity index (χ0v) is 12.3. The van der Waals surface area contributed by atoms with E-state index in [1.165, 1.54) is 6.42 Å². The zero-order chi connectivity index (χ0) is 14.6.